The van der Waals surface area contributed by atoms with E-state index >= 15 is 0 Å². The molecular formula is C22H29O. The van der Waals surface area contributed by atoms with Gasteiger partial charge in [-0.3, -0.25) is 0 Å². The summed E-state index contributed by atoms with van der Waals surface area (Å²) in [4.78, 5) is 0. The topological polar surface area (TPSA) is 20.2 Å². The van der Waals surface area contributed by atoms with Crippen LogP contribution in [0, 0.1) is 13.0 Å². The van der Waals surface area contributed by atoms with Crippen LogP contribution in [0.1, 0.15) is 69.4 Å². The van der Waals surface area contributed by atoms with Gasteiger partial charge in [0.2, 0.25) is 0 Å². The van der Waals surface area contributed by atoms with Gasteiger partial charge < -0.3 is 5.11 Å². The van der Waals surface area contributed by atoms with Crippen LogP contribution in [0.2, 0.25) is 0 Å². The second-order valence-corrected chi connectivity index (χ2v) is 8.59. The SMILES string of the molecule is Cc1cc(Cc2cccc(C(C)(C)C)c2O)[c]c(C(C)(C)C)c1. The highest BCUT2D eigenvalue weighted by atomic mass is 16.3. The van der Waals surface area contributed by atoms with Gasteiger partial charge in [0.05, 0.1) is 0 Å². The van der Waals surface area contributed by atoms with Crippen molar-refractivity contribution in [2.75, 3.05) is 0 Å². The molecule has 0 amide bonds. The van der Waals surface area contributed by atoms with Gasteiger partial charge in [0.1, 0.15) is 5.75 Å². The summed E-state index contributed by atoms with van der Waals surface area (Å²) >= 11 is 0. The zero-order valence-electron chi connectivity index (χ0n) is 15.5. The third-order valence-electron chi connectivity index (χ3n) is 4.19. The molecule has 2 aromatic rings. The van der Waals surface area contributed by atoms with E-state index in [9.17, 15) is 5.11 Å². The molecule has 0 fully saturated rings. The Hall–Kier alpha value is -1.76. The zero-order chi connectivity index (χ0) is 17.4. The Balaban J connectivity index is 2.43. The van der Waals surface area contributed by atoms with Crippen LogP contribution in [0.25, 0.3) is 0 Å². The van der Waals surface area contributed by atoms with E-state index in [-0.39, 0.29) is 10.8 Å². The van der Waals surface area contributed by atoms with Gasteiger partial charge in [0, 0.05) is 6.42 Å². The highest BCUT2D eigenvalue weighted by Crippen LogP contribution is 2.34. The fraction of sp³-hybridized carbons (Fsp3) is 0.455. The second-order valence-electron chi connectivity index (χ2n) is 8.59. The summed E-state index contributed by atoms with van der Waals surface area (Å²) in [6, 6.07) is 14.0. The highest BCUT2D eigenvalue weighted by molar-refractivity contribution is 5.46. The molecule has 1 N–H and O–H groups in total. The number of hydrogen-bond donors (Lipinski definition) is 1. The number of phenolic OH excluding ortho intramolecular Hbond substituents is 1. The molecule has 0 spiro atoms. The maximum Gasteiger partial charge on any atom is 0.122 e. The Morgan fingerprint density at radius 3 is 2.17 bits per heavy atom. The average molecular weight is 309 g/mol. The molecule has 0 aromatic heterocycles. The number of para-hydroxylation sites is 1. The molecule has 0 bridgehead atoms. The smallest absolute Gasteiger partial charge is 0.122 e. The fourth-order valence-electron chi connectivity index (χ4n) is 2.83. The minimum absolute atomic E-state index is 0.0625. The fourth-order valence-corrected chi connectivity index (χ4v) is 2.83. The van der Waals surface area contributed by atoms with Crippen LogP contribution in [0.3, 0.4) is 0 Å². The summed E-state index contributed by atoms with van der Waals surface area (Å²) in [5.41, 5.74) is 5.59. The predicted molar refractivity (Wildman–Crippen MR) is 98.3 cm³/mol. The Kier molecular flexibility index (Phi) is 4.61. The molecule has 0 heterocycles. The first-order valence-electron chi connectivity index (χ1n) is 8.33. The number of aryl methyl sites for hydroxylation is 1. The molecule has 0 aliphatic rings. The number of hydrogen-bond acceptors (Lipinski definition) is 1. The molecule has 2 aromatic carbocycles. The van der Waals surface area contributed by atoms with E-state index in [1.165, 1.54) is 11.1 Å². The Bertz CT molecular complexity index is 697. The predicted octanol–water partition coefficient (Wildman–Crippen LogP) is 5.69. The summed E-state index contributed by atoms with van der Waals surface area (Å²) in [6.45, 7) is 15.1. The molecule has 1 radical (unpaired) electrons. The minimum atomic E-state index is -0.0625. The van der Waals surface area contributed by atoms with Crippen LogP contribution >= 0.6 is 0 Å². The molecule has 0 atom stereocenters. The normalized spacial score (nSPS) is 12.5. The average Bonchev–Trinajstić information content (AvgIpc) is 2.38. The van der Waals surface area contributed by atoms with Gasteiger partial charge in [-0.25, -0.2) is 0 Å². The lowest BCUT2D eigenvalue weighted by atomic mass is 9.83. The van der Waals surface area contributed by atoms with Crippen LogP contribution in [-0.2, 0) is 17.3 Å². The molecule has 123 valence electrons. The van der Waals surface area contributed by atoms with Crippen molar-refractivity contribution >= 4 is 0 Å². The van der Waals surface area contributed by atoms with Crippen molar-refractivity contribution in [2.24, 2.45) is 0 Å². The lowest BCUT2D eigenvalue weighted by Gasteiger charge is -2.23. The van der Waals surface area contributed by atoms with E-state index in [1.54, 1.807) is 0 Å². The van der Waals surface area contributed by atoms with Gasteiger partial charge >= 0.3 is 0 Å². The van der Waals surface area contributed by atoms with Gasteiger partial charge in [0.15, 0.2) is 0 Å². The maximum absolute atomic E-state index is 10.7. The van der Waals surface area contributed by atoms with Crippen LogP contribution < -0.4 is 0 Å². The van der Waals surface area contributed by atoms with Crippen LogP contribution in [-0.4, -0.2) is 5.11 Å². The summed E-state index contributed by atoms with van der Waals surface area (Å²) < 4.78 is 0. The van der Waals surface area contributed by atoms with E-state index < -0.39 is 0 Å². The standard InChI is InChI=1S/C22H29O/c1-15-11-16(14-18(12-15)21(2,3)4)13-17-9-8-10-19(20(17)23)22(5,6)7/h8-12,23H,13H2,1-7H3. The second kappa shape index (κ2) is 6.03. The summed E-state index contributed by atoms with van der Waals surface area (Å²) in [7, 11) is 0. The molecular weight excluding hydrogens is 280 g/mol. The third kappa shape index (κ3) is 4.16. The number of benzene rings is 2. The number of rotatable bonds is 2. The molecule has 1 heteroatoms. The lowest BCUT2D eigenvalue weighted by molar-refractivity contribution is 0.441. The van der Waals surface area contributed by atoms with Crippen molar-refractivity contribution in [1.29, 1.82) is 0 Å². The highest BCUT2D eigenvalue weighted by Gasteiger charge is 2.20. The minimum Gasteiger partial charge on any atom is -0.507 e. The van der Waals surface area contributed by atoms with Crippen molar-refractivity contribution in [1.82, 2.24) is 0 Å². The van der Waals surface area contributed by atoms with E-state index in [4.69, 9.17) is 0 Å². The molecule has 0 aliphatic carbocycles. The quantitative estimate of drug-likeness (QED) is 0.756. The van der Waals surface area contributed by atoms with Crippen molar-refractivity contribution < 1.29 is 5.11 Å². The first-order valence-corrected chi connectivity index (χ1v) is 8.33. The molecule has 0 aliphatic heterocycles. The molecule has 1 nitrogen and oxygen atoms in total. The molecule has 2 rings (SSSR count). The molecule has 0 unspecified atom stereocenters. The van der Waals surface area contributed by atoms with Gasteiger partial charge in [-0.1, -0.05) is 77.4 Å². The van der Waals surface area contributed by atoms with E-state index in [2.05, 4.69) is 66.7 Å². The monoisotopic (exact) mass is 309 g/mol. The Morgan fingerprint density at radius 2 is 1.61 bits per heavy atom. The van der Waals surface area contributed by atoms with E-state index in [0.29, 0.717) is 12.2 Å². The Labute approximate surface area is 141 Å². The first-order chi connectivity index (χ1) is 10.5. The maximum atomic E-state index is 10.7. The summed E-state index contributed by atoms with van der Waals surface area (Å²) in [5, 5.41) is 10.7. The van der Waals surface area contributed by atoms with Gasteiger partial charge in [0.25, 0.3) is 0 Å². The Morgan fingerprint density at radius 1 is 0.957 bits per heavy atom. The van der Waals surface area contributed by atoms with Crippen LogP contribution in [0.15, 0.2) is 30.3 Å². The van der Waals surface area contributed by atoms with Gasteiger partial charge in [-0.2, -0.15) is 0 Å². The largest absolute Gasteiger partial charge is 0.507 e. The van der Waals surface area contributed by atoms with Crippen molar-refractivity contribution in [3.05, 3.63) is 64.2 Å². The van der Waals surface area contributed by atoms with Crippen molar-refractivity contribution in [3.63, 3.8) is 0 Å². The van der Waals surface area contributed by atoms with Crippen molar-refractivity contribution in [2.45, 2.75) is 65.7 Å². The first kappa shape index (κ1) is 17.6. The third-order valence-corrected chi connectivity index (χ3v) is 4.19. The van der Waals surface area contributed by atoms with Crippen LogP contribution in [0.4, 0.5) is 0 Å². The summed E-state index contributed by atoms with van der Waals surface area (Å²) in [5.74, 6) is 0.423. The summed E-state index contributed by atoms with van der Waals surface area (Å²) in [6.07, 6.45) is 0.709. The van der Waals surface area contributed by atoms with E-state index in [0.717, 1.165) is 16.7 Å². The zero-order valence-corrected chi connectivity index (χ0v) is 15.5. The van der Waals surface area contributed by atoms with E-state index in [1.807, 2.05) is 18.2 Å². The molecule has 0 saturated heterocycles. The van der Waals surface area contributed by atoms with Gasteiger partial charge in [-0.15, -0.1) is 0 Å². The molecule has 0 saturated carbocycles. The lowest BCUT2D eigenvalue weighted by Crippen LogP contribution is -2.13. The number of aromatic hydroxyl groups is 1. The molecule has 23 heavy (non-hydrogen) atoms. The number of phenols is 1. The van der Waals surface area contributed by atoms with Crippen molar-refractivity contribution in [3.8, 4) is 5.75 Å². The van der Waals surface area contributed by atoms with Gasteiger partial charge in [-0.05, 0) is 46.1 Å². The van der Waals surface area contributed by atoms with Crippen LogP contribution in [0.5, 0.6) is 5.75 Å².